The first-order valence-electron chi connectivity index (χ1n) is 9.41. The molecule has 1 aliphatic heterocycles. The highest BCUT2D eigenvalue weighted by Crippen LogP contribution is 2.39. The van der Waals surface area contributed by atoms with Crippen LogP contribution in [0.5, 0.6) is 0 Å². The van der Waals surface area contributed by atoms with E-state index in [2.05, 4.69) is 6.58 Å². The first-order chi connectivity index (χ1) is 14.7. The summed E-state index contributed by atoms with van der Waals surface area (Å²) >= 11 is 0. The highest BCUT2D eigenvalue weighted by atomic mass is 19.1. The number of carbonyl (C=O) groups is 2. The fourth-order valence-corrected chi connectivity index (χ4v) is 3.55. The highest BCUT2D eigenvalue weighted by Gasteiger charge is 2.38. The van der Waals surface area contributed by atoms with Crippen molar-refractivity contribution in [2.24, 2.45) is 0 Å². The van der Waals surface area contributed by atoms with Crippen molar-refractivity contribution in [3.63, 3.8) is 0 Å². The van der Waals surface area contributed by atoms with E-state index in [1.54, 1.807) is 0 Å². The van der Waals surface area contributed by atoms with Gasteiger partial charge in [-0.25, -0.2) is 22.4 Å². The van der Waals surface area contributed by atoms with Crippen LogP contribution in [-0.2, 0) is 20.9 Å². The first-order valence-corrected chi connectivity index (χ1v) is 9.41. The van der Waals surface area contributed by atoms with E-state index in [0.29, 0.717) is 12.1 Å². The molecular formula is C23H19F4NO3. The maximum atomic E-state index is 14.5. The third kappa shape index (κ3) is 4.68. The van der Waals surface area contributed by atoms with Gasteiger partial charge in [-0.1, -0.05) is 24.8 Å². The van der Waals surface area contributed by atoms with Crippen molar-refractivity contribution in [3.8, 4) is 0 Å². The lowest BCUT2D eigenvalue weighted by Gasteiger charge is -2.34. The van der Waals surface area contributed by atoms with Crippen LogP contribution >= 0.6 is 0 Å². The second kappa shape index (κ2) is 9.16. The molecule has 1 atom stereocenters. The number of hydrogen-bond acceptors (Lipinski definition) is 3. The van der Waals surface area contributed by atoms with E-state index in [1.807, 2.05) is 0 Å². The number of amides is 1. The predicted octanol–water partition coefficient (Wildman–Crippen LogP) is 4.76. The first kappa shape index (κ1) is 22.3. The van der Waals surface area contributed by atoms with Gasteiger partial charge in [0, 0.05) is 35.7 Å². The van der Waals surface area contributed by atoms with Gasteiger partial charge in [0.1, 0.15) is 29.9 Å². The number of allylic oxidation sites excluding steroid dienone is 1. The lowest BCUT2D eigenvalue weighted by molar-refractivity contribution is -0.139. The molecule has 8 heteroatoms. The lowest BCUT2D eigenvalue weighted by Crippen LogP contribution is -2.38. The topological polar surface area (TPSA) is 46.6 Å². The van der Waals surface area contributed by atoms with Gasteiger partial charge >= 0.3 is 5.97 Å². The van der Waals surface area contributed by atoms with Gasteiger partial charge in [-0.15, -0.1) is 0 Å². The minimum Gasteiger partial charge on any atom is -0.458 e. The molecule has 31 heavy (non-hydrogen) atoms. The fraction of sp³-hybridized carbons (Fsp3) is 0.217. The molecule has 2 aromatic rings. The average molecular weight is 433 g/mol. The number of nitrogens with zero attached hydrogens (tertiary/aromatic N) is 1. The van der Waals surface area contributed by atoms with Gasteiger partial charge in [0.15, 0.2) is 0 Å². The summed E-state index contributed by atoms with van der Waals surface area (Å²) in [5.74, 6) is -5.63. The van der Waals surface area contributed by atoms with E-state index in [0.717, 1.165) is 12.1 Å². The molecule has 1 heterocycles. The third-order valence-corrected chi connectivity index (χ3v) is 5.06. The Bertz CT molecular complexity index is 1080. The van der Waals surface area contributed by atoms with Crippen LogP contribution in [0.4, 0.5) is 17.6 Å². The van der Waals surface area contributed by atoms with E-state index >= 15 is 0 Å². The van der Waals surface area contributed by atoms with Crippen LogP contribution < -0.4 is 0 Å². The Morgan fingerprint density at radius 1 is 1.13 bits per heavy atom. The van der Waals surface area contributed by atoms with Crippen molar-refractivity contribution in [2.75, 3.05) is 6.61 Å². The van der Waals surface area contributed by atoms with Crippen molar-refractivity contribution in [1.82, 2.24) is 4.90 Å². The van der Waals surface area contributed by atoms with Crippen LogP contribution in [0.15, 0.2) is 60.3 Å². The summed E-state index contributed by atoms with van der Waals surface area (Å²) in [5.41, 5.74) is 0.142. The molecule has 2 aromatic carbocycles. The van der Waals surface area contributed by atoms with Gasteiger partial charge in [0.05, 0.1) is 12.1 Å². The number of hydrogen-bond donors (Lipinski definition) is 0. The fourth-order valence-electron chi connectivity index (χ4n) is 3.55. The summed E-state index contributed by atoms with van der Waals surface area (Å²) in [6.07, 6.45) is 1.03. The summed E-state index contributed by atoms with van der Waals surface area (Å²) in [6.45, 7) is 4.55. The van der Waals surface area contributed by atoms with Crippen molar-refractivity contribution in [1.29, 1.82) is 0 Å². The SMILES string of the molecule is C=CCOC(=O)C1=C(C)N(Cc2ccc(F)cc2F)C(=O)CC1c1ccc(F)cc1F. The molecule has 0 aliphatic carbocycles. The summed E-state index contributed by atoms with van der Waals surface area (Å²) < 4.78 is 60.3. The molecule has 3 rings (SSSR count). The van der Waals surface area contributed by atoms with Gasteiger partial charge in [-0.3, -0.25) is 4.79 Å². The van der Waals surface area contributed by atoms with Gasteiger partial charge in [-0.2, -0.15) is 0 Å². The highest BCUT2D eigenvalue weighted by molar-refractivity contribution is 5.96. The molecule has 0 spiro atoms. The van der Waals surface area contributed by atoms with Gasteiger partial charge in [0.25, 0.3) is 0 Å². The van der Waals surface area contributed by atoms with Crippen molar-refractivity contribution in [3.05, 3.63) is 94.7 Å². The van der Waals surface area contributed by atoms with E-state index in [1.165, 1.54) is 30.0 Å². The average Bonchev–Trinajstić information content (AvgIpc) is 2.70. The Balaban J connectivity index is 2.07. The van der Waals surface area contributed by atoms with E-state index < -0.39 is 41.1 Å². The second-order valence-electron chi connectivity index (χ2n) is 7.02. The molecule has 0 saturated carbocycles. The van der Waals surface area contributed by atoms with E-state index in [9.17, 15) is 27.2 Å². The molecular weight excluding hydrogens is 414 g/mol. The largest absolute Gasteiger partial charge is 0.458 e. The van der Waals surface area contributed by atoms with Crippen LogP contribution in [-0.4, -0.2) is 23.4 Å². The zero-order chi connectivity index (χ0) is 22.7. The Labute approximate surface area is 176 Å². The molecule has 1 amide bonds. The zero-order valence-electron chi connectivity index (χ0n) is 16.6. The number of rotatable bonds is 6. The van der Waals surface area contributed by atoms with Crippen molar-refractivity contribution >= 4 is 11.9 Å². The second-order valence-corrected chi connectivity index (χ2v) is 7.02. The monoisotopic (exact) mass is 433 g/mol. The minimum absolute atomic E-state index is 0.00511. The molecule has 162 valence electrons. The third-order valence-electron chi connectivity index (χ3n) is 5.06. The van der Waals surface area contributed by atoms with E-state index in [-0.39, 0.29) is 42.0 Å². The van der Waals surface area contributed by atoms with Crippen LogP contribution in [0.1, 0.15) is 30.4 Å². The number of carbonyl (C=O) groups excluding carboxylic acids is 2. The molecule has 1 aliphatic rings. The van der Waals surface area contributed by atoms with Crippen molar-refractivity contribution < 1.29 is 31.9 Å². The van der Waals surface area contributed by atoms with Crippen LogP contribution in [0.2, 0.25) is 0 Å². The molecule has 1 unspecified atom stereocenters. The molecule has 4 nitrogen and oxygen atoms in total. The number of esters is 1. The quantitative estimate of drug-likeness (QED) is 0.375. The Morgan fingerprint density at radius 2 is 1.77 bits per heavy atom. The molecule has 0 aromatic heterocycles. The van der Waals surface area contributed by atoms with Gasteiger partial charge in [-0.05, 0) is 24.6 Å². The zero-order valence-corrected chi connectivity index (χ0v) is 16.6. The van der Waals surface area contributed by atoms with Crippen LogP contribution in [0.25, 0.3) is 0 Å². The van der Waals surface area contributed by atoms with Crippen LogP contribution in [0, 0.1) is 23.3 Å². The maximum absolute atomic E-state index is 14.5. The normalized spacial score (nSPS) is 16.5. The summed E-state index contributed by atoms with van der Waals surface area (Å²) in [6, 6.07) is 5.83. The molecule has 0 N–H and O–H groups in total. The summed E-state index contributed by atoms with van der Waals surface area (Å²) in [4.78, 5) is 26.8. The van der Waals surface area contributed by atoms with Crippen LogP contribution in [0.3, 0.4) is 0 Å². The smallest absolute Gasteiger partial charge is 0.336 e. The van der Waals surface area contributed by atoms with Gasteiger partial charge < -0.3 is 9.64 Å². The molecule has 0 saturated heterocycles. The summed E-state index contributed by atoms with van der Waals surface area (Å²) in [7, 11) is 0. The minimum atomic E-state index is -1.01. The molecule has 0 bridgehead atoms. The Kier molecular flexibility index (Phi) is 6.58. The number of halogens is 4. The molecule has 0 radical (unpaired) electrons. The Hall–Kier alpha value is -3.42. The van der Waals surface area contributed by atoms with E-state index in [4.69, 9.17) is 4.74 Å². The Morgan fingerprint density at radius 3 is 2.39 bits per heavy atom. The number of benzene rings is 2. The standard InChI is InChI=1S/C23H19F4NO3/c1-3-8-31-23(30)22-13(2)28(12-14-4-5-15(24)9-19(14)26)21(29)11-18(22)17-7-6-16(25)10-20(17)27/h3-7,9-10,18H,1,8,11-12H2,2H3. The number of ether oxygens (including phenoxy) is 1. The molecule has 0 fully saturated rings. The van der Waals surface area contributed by atoms with Gasteiger partial charge in [0.2, 0.25) is 5.91 Å². The maximum Gasteiger partial charge on any atom is 0.336 e. The predicted molar refractivity (Wildman–Crippen MR) is 104 cm³/mol. The lowest BCUT2D eigenvalue weighted by atomic mass is 9.83. The summed E-state index contributed by atoms with van der Waals surface area (Å²) in [5, 5.41) is 0. The van der Waals surface area contributed by atoms with Crippen molar-refractivity contribution in [2.45, 2.75) is 25.8 Å².